The molecule has 0 N–H and O–H groups in total. The van der Waals surface area contributed by atoms with Gasteiger partial charge < -0.3 is 0 Å². The molecule has 120 heavy (non-hydrogen) atoms. The van der Waals surface area contributed by atoms with Crippen LogP contribution in [0.15, 0.2) is 364 Å². The summed E-state index contributed by atoms with van der Waals surface area (Å²) in [6, 6.07) is 128. The molecule has 0 atom stereocenters. The first-order chi connectivity index (χ1) is 58.7. The third kappa shape index (κ3) is 18.6. The largest absolute Gasteiger partial charge is 0.259 e. The zero-order valence-electron chi connectivity index (χ0n) is 66.0. The van der Waals surface area contributed by atoms with Crippen LogP contribution in [0.5, 0.6) is 0 Å². The van der Waals surface area contributed by atoms with Crippen molar-refractivity contribution in [3.63, 3.8) is 0 Å². The zero-order chi connectivity index (χ0) is 81.2. The van der Waals surface area contributed by atoms with Crippen LogP contribution in [0.4, 0.5) is 0 Å². The second-order valence-corrected chi connectivity index (χ2v) is 40.7. The van der Waals surface area contributed by atoms with E-state index in [0.717, 1.165) is 200 Å². The van der Waals surface area contributed by atoms with Crippen LogP contribution < -0.4 is 0 Å². The molecule has 12 heteroatoms. The first-order valence-electron chi connectivity index (χ1n) is 40.5. The van der Waals surface area contributed by atoms with Crippen LogP contribution in [0.1, 0.15) is 66.8 Å². The van der Waals surface area contributed by atoms with Crippen LogP contribution in [0.25, 0.3) is 134 Å². The molecule has 588 valence electrons. The third-order valence-corrected chi connectivity index (χ3v) is 31.0. The van der Waals surface area contributed by atoms with Gasteiger partial charge >= 0.3 is 0 Å². The summed E-state index contributed by atoms with van der Waals surface area (Å²) in [6.45, 7) is 0. The van der Waals surface area contributed by atoms with Gasteiger partial charge in [0.2, 0.25) is 0 Å². The van der Waals surface area contributed by atoms with Gasteiger partial charge in [-0.2, -0.15) is 0 Å². The normalized spacial score (nSPS) is 17.3. The van der Waals surface area contributed by atoms with Gasteiger partial charge in [0.25, 0.3) is 0 Å². The van der Waals surface area contributed by atoms with Crippen molar-refractivity contribution in [1.29, 1.82) is 0 Å². The lowest BCUT2D eigenvalue weighted by atomic mass is 9.92. The molecule has 0 radical (unpaired) electrons. The van der Waals surface area contributed by atoms with Crippen molar-refractivity contribution in [2.24, 2.45) is 0 Å². The molecular weight excluding hydrogens is 1590 g/mol. The number of hydrogen-bond donors (Lipinski definition) is 0. The summed E-state index contributed by atoms with van der Waals surface area (Å²) in [4.78, 5) is 0. The Morgan fingerprint density at radius 1 is 0.100 bits per heavy atom. The van der Waals surface area contributed by atoms with Gasteiger partial charge in [0, 0.05) is 134 Å². The topological polar surface area (TPSA) is 102 Å². The second kappa shape index (κ2) is 35.0. The Balaban J connectivity index is 0.740. The summed E-state index contributed by atoms with van der Waals surface area (Å²) in [5, 5.41) is 0. The van der Waals surface area contributed by atoms with Crippen LogP contribution >= 0.6 is 0 Å². The van der Waals surface area contributed by atoms with E-state index >= 15 is 0 Å². The van der Waals surface area contributed by atoms with Gasteiger partial charge in [-0.3, -0.25) is 25.3 Å². The smallest absolute Gasteiger partial charge is 0.0489 e. The number of benzene rings is 16. The molecule has 40 aliphatic rings. The fourth-order valence-electron chi connectivity index (χ4n) is 16.6. The van der Waals surface area contributed by atoms with E-state index in [0.29, 0.717) is 69.0 Å². The average molecular weight is 1670 g/mol. The highest BCUT2D eigenvalue weighted by Crippen LogP contribution is 2.41. The minimum Gasteiger partial charge on any atom is -0.259 e. The van der Waals surface area contributed by atoms with Gasteiger partial charge in [0.05, 0.1) is 0 Å². The maximum absolute atomic E-state index is 14.2. The van der Waals surface area contributed by atoms with Crippen LogP contribution in [-0.2, 0) is 134 Å². The lowest BCUT2D eigenvalue weighted by Gasteiger charge is -2.14. The van der Waals surface area contributed by atoms with Crippen LogP contribution in [0, 0.1) is 0 Å². The van der Waals surface area contributed by atoms with Gasteiger partial charge in [0.15, 0.2) is 0 Å². The lowest BCUT2D eigenvalue weighted by molar-refractivity contribution is 0.681. The van der Waals surface area contributed by atoms with Crippen molar-refractivity contribution in [2.75, 3.05) is 0 Å². The molecule has 40 heterocycles. The van der Waals surface area contributed by atoms with Gasteiger partial charge in [-0.05, 0) is 273 Å². The fraction of sp³-hybridized carbons (Fsp3) is 0.111. The van der Waals surface area contributed by atoms with Gasteiger partial charge in [-0.25, -0.2) is 0 Å². The van der Waals surface area contributed by atoms with Crippen molar-refractivity contribution in [2.45, 2.75) is 69.0 Å². The van der Waals surface area contributed by atoms with Crippen molar-refractivity contribution in [3.8, 4) is 134 Å². The van der Waals surface area contributed by atoms with E-state index in [-0.39, 0.29) is 0 Å². The van der Waals surface area contributed by atoms with E-state index in [9.17, 15) is 25.3 Å². The summed E-state index contributed by atoms with van der Waals surface area (Å²) in [7, 11) is -7.28. The van der Waals surface area contributed by atoms with Gasteiger partial charge in [-0.1, -0.05) is 291 Å². The molecule has 0 fully saturated rings. The Morgan fingerprint density at radius 3 is 0.233 bits per heavy atom. The Kier molecular flexibility index (Phi) is 22.8. The molecule has 0 spiro atoms. The van der Waals surface area contributed by atoms with E-state index in [4.69, 9.17) is 0 Å². The highest BCUT2D eigenvalue weighted by molar-refractivity contribution is 7.84. The molecule has 16 aromatic carbocycles. The standard InChI is InChI=1S/C108H84O6S6/c109-115-61-73-1-25-85(26-2-73)97-49-98-51-99(50-97)87-31-7-76(8-32-87)64-117(111)66-78-15-39-92(40-16-78)104-56-106-60-108(58-104)96-47-23-84(24-48-96)72-120(114)71-83-21-45-95(46-22-83)107-57-103(91-37-13-77(14-38-91)65-116(110)63-75-5-29-86(98)30-6-75)55-105(59-107)93-41-17-81(18-42-93)69-118(112)67-79-9-33-89(34-10-79)101-52-100(88-27-3-74(62-115)4-28-88)53-102(54-101)90-35-11-80(12-36-90)68-119(113)70-82-19-43-94(106)44-20-82/h1-60H,61-72H2. The minimum absolute atomic E-state index is 0.391. The first kappa shape index (κ1) is 78.3. The predicted molar refractivity (Wildman–Crippen MR) is 504 cm³/mol. The fourth-order valence-corrected chi connectivity index (χ4v) is 24.0. The first-order valence-corrected chi connectivity index (χ1v) is 49.4. The van der Waals surface area contributed by atoms with Crippen molar-refractivity contribution < 1.29 is 25.3 Å². The third-order valence-electron chi connectivity index (χ3n) is 23.1. The molecule has 40 aliphatic heterocycles. The van der Waals surface area contributed by atoms with Crippen molar-refractivity contribution in [3.05, 3.63) is 431 Å². The minimum atomic E-state index is -1.21. The average Bonchev–Trinajstić information content (AvgIpc) is 0.808. The zero-order valence-corrected chi connectivity index (χ0v) is 70.9. The summed E-state index contributed by atoms with van der Waals surface area (Å²) < 4.78 is 85.4. The molecule has 0 saturated heterocycles. The number of rotatable bonds is 0. The molecule has 0 aromatic heterocycles. The Hall–Kier alpha value is -11.6. The predicted octanol–water partition coefficient (Wildman–Crippen LogP) is 25.3. The number of hydrogen-bond acceptors (Lipinski definition) is 6. The van der Waals surface area contributed by atoms with E-state index < -0.39 is 64.8 Å². The molecule has 0 aliphatic carbocycles. The summed E-state index contributed by atoms with van der Waals surface area (Å²) in [5.41, 5.74) is 36.4. The maximum atomic E-state index is 14.2. The lowest BCUT2D eigenvalue weighted by Crippen LogP contribution is -2.00. The van der Waals surface area contributed by atoms with Crippen LogP contribution in [0.3, 0.4) is 0 Å². The second-order valence-electron chi connectivity index (χ2n) is 31.9. The van der Waals surface area contributed by atoms with Crippen LogP contribution in [0.2, 0.25) is 0 Å². The molecule has 0 unspecified atom stereocenters. The molecule has 36 bridgehead atoms. The Morgan fingerprint density at radius 2 is 0.167 bits per heavy atom. The quantitative estimate of drug-likeness (QED) is 0.150. The molecule has 16 aromatic rings. The highest BCUT2D eigenvalue weighted by atomic mass is 32.2. The monoisotopic (exact) mass is 1670 g/mol. The molecule has 6 nitrogen and oxygen atoms in total. The highest BCUT2D eigenvalue weighted by Gasteiger charge is 2.20. The van der Waals surface area contributed by atoms with E-state index in [2.05, 4.69) is 364 Å². The Labute approximate surface area is 717 Å². The van der Waals surface area contributed by atoms with Crippen LogP contribution in [-0.4, -0.2) is 25.3 Å². The molecule has 0 saturated carbocycles. The summed E-state index contributed by atoms with van der Waals surface area (Å²) in [6.07, 6.45) is 0. The van der Waals surface area contributed by atoms with E-state index in [1.165, 1.54) is 0 Å². The van der Waals surface area contributed by atoms with E-state index in [1.54, 1.807) is 0 Å². The molecule has 56 rings (SSSR count). The van der Waals surface area contributed by atoms with E-state index in [1.807, 2.05) is 0 Å². The SMILES string of the molecule is O=S1Cc2ccc(cc2)-c2cc3cc(c2)-c2ccc(cc2)CS(=O)Cc2ccc(cc2)-c2cc4cc(c2)-c2ccc(cc2)CS(=O)Cc2ccc(cc2)-c2cc(cc(c2)-c2ccc(cc2)CS(=O)Cc2ccc(cc2)-c2cc(cc(c2)-c2ccc(cc2)CS(=O)Cc2ccc-4cc2)-c2ccc(cc2)C1)-c1ccc(cc1)CS(=O)Cc1ccc-3cc1. The van der Waals surface area contributed by atoms with Crippen molar-refractivity contribution >= 4 is 64.8 Å². The summed E-state index contributed by atoms with van der Waals surface area (Å²) in [5.74, 6) is 4.69. The Bertz CT molecular complexity index is 5150. The summed E-state index contributed by atoms with van der Waals surface area (Å²) >= 11 is 0. The van der Waals surface area contributed by atoms with Crippen molar-refractivity contribution in [1.82, 2.24) is 0 Å². The van der Waals surface area contributed by atoms with Gasteiger partial charge in [-0.15, -0.1) is 0 Å². The van der Waals surface area contributed by atoms with Gasteiger partial charge in [0.1, 0.15) is 0 Å². The molecule has 0 amide bonds. The molecular formula is C108H84O6S6. The maximum Gasteiger partial charge on any atom is 0.0489 e.